The lowest BCUT2D eigenvalue weighted by Crippen LogP contribution is -2.67. The van der Waals surface area contributed by atoms with E-state index in [-0.39, 0.29) is 18.2 Å². The molecular weight excluding hydrogens is 454 g/mol. The van der Waals surface area contributed by atoms with Gasteiger partial charge in [-0.15, -0.1) is 0 Å². The molecule has 1 aromatic carbocycles. The minimum atomic E-state index is -0.954. The summed E-state index contributed by atoms with van der Waals surface area (Å²) in [5.74, 6) is -0.953. The fourth-order valence-electron chi connectivity index (χ4n) is 4.74. The van der Waals surface area contributed by atoms with E-state index >= 15 is 0 Å². The van der Waals surface area contributed by atoms with Crippen LogP contribution in [0, 0.1) is 12.8 Å². The van der Waals surface area contributed by atoms with Gasteiger partial charge in [-0.3, -0.25) is 14.9 Å². The second kappa shape index (κ2) is 11.2. The van der Waals surface area contributed by atoms with E-state index < -0.39 is 40.8 Å². The maximum Gasteiger partial charge on any atom is 0.427 e. The standard InChI is InChI=1S/C25H35N3O7/c1-6-34-19-14-20(29)35-23(19)27-25(32)28(12-7-8-13-28)24(31)21(15(2)3)26-22(30)17-10-9-11-18(33-5)16(17)4/h9-11,15,19,21,23H,6-8,12-14H2,1-5H3,(H-,26,27,30,32)/p+1/t19-,21-,23+/m0/s1. The third-order valence-electron chi connectivity index (χ3n) is 6.72. The van der Waals surface area contributed by atoms with Crippen LogP contribution in [0.5, 0.6) is 5.75 Å². The number of nitrogens with one attached hydrogen (secondary N) is 2. The van der Waals surface area contributed by atoms with Gasteiger partial charge in [-0.2, -0.15) is 4.48 Å². The van der Waals surface area contributed by atoms with Crippen LogP contribution in [0.25, 0.3) is 0 Å². The number of carbonyl (C=O) groups excluding carboxylic acids is 4. The van der Waals surface area contributed by atoms with E-state index in [9.17, 15) is 19.2 Å². The Kier molecular flexibility index (Phi) is 8.50. The first-order valence-corrected chi connectivity index (χ1v) is 12.1. The number of benzene rings is 1. The first kappa shape index (κ1) is 26.6. The van der Waals surface area contributed by atoms with Gasteiger partial charge in [-0.1, -0.05) is 19.9 Å². The third-order valence-corrected chi connectivity index (χ3v) is 6.72. The highest BCUT2D eigenvalue weighted by Crippen LogP contribution is 2.27. The molecule has 10 nitrogen and oxygen atoms in total. The zero-order valence-corrected chi connectivity index (χ0v) is 21.1. The average Bonchev–Trinajstić information content (AvgIpc) is 3.45. The third kappa shape index (κ3) is 5.48. The molecule has 0 aromatic heterocycles. The van der Waals surface area contributed by atoms with Crippen molar-refractivity contribution in [2.75, 3.05) is 26.8 Å². The summed E-state index contributed by atoms with van der Waals surface area (Å²) in [7, 11) is 1.53. The lowest BCUT2D eigenvalue weighted by molar-refractivity contribution is -0.761. The number of carbonyl (C=O) groups is 4. The Hall–Kier alpha value is -2.98. The zero-order chi connectivity index (χ0) is 25.8. The van der Waals surface area contributed by atoms with Crippen LogP contribution in [0.2, 0.25) is 0 Å². The fourth-order valence-corrected chi connectivity index (χ4v) is 4.74. The molecule has 0 unspecified atom stereocenters. The molecule has 0 spiro atoms. The molecule has 2 saturated heterocycles. The number of amides is 4. The Labute approximate surface area is 205 Å². The molecule has 1 aromatic rings. The molecule has 2 aliphatic heterocycles. The number of hydrogen-bond donors (Lipinski definition) is 2. The molecule has 2 heterocycles. The lowest BCUT2D eigenvalue weighted by atomic mass is 10.00. The van der Waals surface area contributed by atoms with Gasteiger partial charge in [0.15, 0.2) is 0 Å². The molecule has 10 heteroatoms. The van der Waals surface area contributed by atoms with E-state index in [0.29, 0.717) is 49.4 Å². The summed E-state index contributed by atoms with van der Waals surface area (Å²) < 4.78 is 15.6. The van der Waals surface area contributed by atoms with E-state index in [1.165, 1.54) is 7.11 Å². The molecule has 2 N–H and O–H groups in total. The quantitative estimate of drug-likeness (QED) is 0.424. The highest BCUT2D eigenvalue weighted by Gasteiger charge is 2.53. The van der Waals surface area contributed by atoms with Crippen LogP contribution in [-0.2, 0) is 19.1 Å². The number of likely N-dealkylation sites (tertiary alicyclic amines) is 1. The van der Waals surface area contributed by atoms with Gasteiger partial charge in [0.05, 0.1) is 26.6 Å². The predicted octanol–water partition coefficient (Wildman–Crippen LogP) is 2.28. The van der Waals surface area contributed by atoms with Gasteiger partial charge in [-0.05, 0) is 31.9 Å². The summed E-state index contributed by atoms with van der Waals surface area (Å²) in [6, 6.07) is 3.70. The van der Waals surface area contributed by atoms with Gasteiger partial charge < -0.3 is 19.5 Å². The summed E-state index contributed by atoms with van der Waals surface area (Å²) in [6.07, 6.45) is -0.147. The minimum absolute atomic E-state index is 0.0390. The lowest BCUT2D eigenvalue weighted by Gasteiger charge is -2.34. The highest BCUT2D eigenvalue weighted by molar-refractivity contribution is 5.99. The van der Waals surface area contributed by atoms with Crippen molar-refractivity contribution >= 4 is 23.8 Å². The monoisotopic (exact) mass is 490 g/mol. The van der Waals surface area contributed by atoms with Crippen LogP contribution in [0.4, 0.5) is 4.79 Å². The number of esters is 1. The van der Waals surface area contributed by atoms with E-state index in [2.05, 4.69) is 10.6 Å². The molecule has 4 amide bonds. The normalized spacial score (nSPS) is 21.9. The fraction of sp³-hybridized carbons (Fsp3) is 0.600. The second-order valence-electron chi connectivity index (χ2n) is 9.35. The minimum Gasteiger partial charge on any atom is -0.496 e. The predicted molar refractivity (Wildman–Crippen MR) is 127 cm³/mol. The molecule has 0 saturated carbocycles. The summed E-state index contributed by atoms with van der Waals surface area (Å²) in [5.41, 5.74) is 1.06. The van der Waals surface area contributed by atoms with Gasteiger partial charge in [-0.25, -0.2) is 9.59 Å². The average molecular weight is 491 g/mol. The summed E-state index contributed by atoms with van der Waals surface area (Å²) in [4.78, 5) is 52.4. The number of rotatable bonds is 8. The van der Waals surface area contributed by atoms with Crippen LogP contribution < -0.4 is 15.4 Å². The van der Waals surface area contributed by atoms with Crippen LogP contribution in [0.1, 0.15) is 56.0 Å². The molecular formula is C25H36N3O7+. The SMILES string of the molecule is CCO[C@H]1CC(=O)O[C@H]1NC(=O)[N+]1(C(=O)[C@@H](NC(=O)c2cccc(OC)c2C)C(C)C)CCCC1. The summed E-state index contributed by atoms with van der Waals surface area (Å²) >= 11 is 0. The number of cyclic esters (lactones) is 1. The molecule has 0 radical (unpaired) electrons. The van der Waals surface area contributed by atoms with Gasteiger partial charge in [0.2, 0.25) is 6.23 Å². The van der Waals surface area contributed by atoms with Crippen molar-refractivity contribution in [3.8, 4) is 5.75 Å². The number of hydrogen-bond acceptors (Lipinski definition) is 7. The van der Waals surface area contributed by atoms with E-state index in [4.69, 9.17) is 14.2 Å². The first-order valence-electron chi connectivity index (χ1n) is 12.1. The molecule has 0 aliphatic carbocycles. The van der Waals surface area contributed by atoms with Crippen molar-refractivity contribution in [1.29, 1.82) is 0 Å². The maximum absolute atomic E-state index is 13.9. The molecule has 0 bridgehead atoms. The topological polar surface area (TPSA) is 120 Å². The van der Waals surface area contributed by atoms with Gasteiger partial charge in [0.25, 0.3) is 5.91 Å². The number of quaternary nitrogens is 1. The second-order valence-corrected chi connectivity index (χ2v) is 9.35. The van der Waals surface area contributed by atoms with Crippen molar-refractivity contribution in [3.05, 3.63) is 29.3 Å². The van der Waals surface area contributed by atoms with Crippen molar-refractivity contribution in [2.45, 2.75) is 65.3 Å². The Morgan fingerprint density at radius 2 is 1.89 bits per heavy atom. The van der Waals surface area contributed by atoms with Gasteiger partial charge in [0.1, 0.15) is 17.9 Å². The molecule has 2 fully saturated rings. The van der Waals surface area contributed by atoms with Crippen molar-refractivity contribution < 1.29 is 37.9 Å². The van der Waals surface area contributed by atoms with Crippen molar-refractivity contribution in [3.63, 3.8) is 0 Å². The van der Waals surface area contributed by atoms with Crippen LogP contribution >= 0.6 is 0 Å². The van der Waals surface area contributed by atoms with Crippen LogP contribution in [0.3, 0.4) is 0 Å². The maximum atomic E-state index is 13.9. The van der Waals surface area contributed by atoms with Crippen molar-refractivity contribution in [1.82, 2.24) is 10.6 Å². The highest BCUT2D eigenvalue weighted by atomic mass is 16.6. The van der Waals surface area contributed by atoms with Crippen molar-refractivity contribution in [2.24, 2.45) is 5.92 Å². The summed E-state index contributed by atoms with van der Waals surface area (Å²) in [6.45, 7) is 8.20. The number of urea groups is 1. The van der Waals surface area contributed by atoms with Crippen LogP contribution in [-0.4, -0.2) is 73.5 Å². The number of methoxy groups -OCH3 is 1. The molecule has 35 heavy (non-hydrogen) atoms. The zero-order valence-electron chi connectivity index (χ0n) is 21.1. The largest absolute Gasteiger partial charge is 0.496 e. The Morgan fingerprint density at radius 1 is 1.20 bits per heavy atom. The Bertz CT molecular complexity index is 972. The first-order chi connectivity index (χ1) is 16.6. The van der Waals surface area contributed by atoms with E-state index in [0.717, 1.165) is 0 Å². The smallest absolute Gasteiger partial charge is 0.427 e. The number of ether oxygens (including phenoxy) is 3. The molecule has 2 aliphatic rings. The summed E-state index contributed by atoms with van der Waals surface area (Å²) in [5, 5.41) is 5.59. The van der Waals surface area contributed by atoms with E-state index in [1.807, 2.05) is 13.8 Å². The molecule has 3 atom stereocenters. The number of nitrogens with zero attached hydrogens (tertiary/aromatic N) is 1. The van der Waals surface area contributed by atoms with Gasteiger partial charge in [0, 0.05) is 30.6 Å². The van der Waals surface area contributed by atoms with Gasteiger partial charge >= 0.3 is 17.9 Å². The van der Waals surface area contributed by atoms with E-state index in [1.54, 1.807) is 32.0 Å². The Morgan fingerprint density at radius 3 is 2.49 bits per heavy atom. The molecule has 192 valence electrons. The van der Waals surface area contributed by atoms with Crippen LogP contribution in [0.15, 0.2) is 18.2 Å². The number of imide groups is 1. The Balaban J connectivity index is 1.83. The molecule has 3 rings (SSSR count).